The lowest BCUT2D eigenvalue weighted by atomic mass is 10.0. The molecule has 3 rings (SSSR count). The topological polar surface area (TPSA) is 76.4 Å². The number of carbonyl (C=O) groups is 1. The molecule has 0 saturated carbocycles. The lowest BCUT2D eigenvalue weighted by Crippen LogP contribution is -2.23. The van der Waals surface area contributed by atoms with Gasteiger partial charge in [-0.2, -0.15) is 5.10 Å². The van der Waals surface area contributed by atoms with Crippen molar-refractivity contribution in [2.45, 2.75) is 25.9 Å². The number of halogens is 2. The summed E-state index contributed by atoms with van der Waals surface area (Å²) in [6.45, 7) is 2.47. The Kier molecular flexibility index (Phi) is 5.83. The van der Waals surface area contributed by atoms with E-state index in [4.69, 9.17) is 27.9 Å². The Balaban J connectivity index is 1.58. The van der Waals surface area contributed by atoms with Crippen molar-refractivity contribution in [2.24, 2.45) is 5.92 Å². The molecule has 0 aliphatic carbocycles. The lowest BCUT2D eigenvalue weighted by Gasteiger charge is -2.21. The van der Waals surface area contributed by atoms with E-state index >= 15 is 0 Å². The zero-order chi connectivity index (χ0) is 17.8. The Morgan fingerprint density at radius 2 is 2.12 bits per heavy atom. The molecule has 1 fully saturated rings. The first-order chi connectivity index (χ1) is 12.0. The Hall–Kier alpha value is -1.76. The van der Waals surface area contributed by atoms with Crippen LogP contribution in [0.25, 0.3) is 0 Å². The summed E-state index contributed by atoms with van der Waals surface area (Å²) in [5.41, 5.74) is 0.931. The highest BCUT2D eigenvalue weighted by Gasteiger charge is 2.16. The fraction of sp³-hybridized carbons (Fsp3) is 0.412. The third kappa shape index (κ3) is 4.66. The normalized spacial score (nSPS) is 15.3. The third-order valence-corrected chi connectivity index (χ3v) is 4.73. The predicted octanol–water partition coefficient (Wildman–Crippen LogP) is 3.25. The maximum atomic E-state index is 12.3. The number of carbonyl (C=O) groups excluding carboxylic acids is 1. The highest BCUT2D eigenvalue weighted by Crippen LogP contribution is 2.31. The number of aromatic hydroxyl groups is 1. The van der Waals surface area contributed by atoms with Crippen LogP contribution < -0.4 is 5.32 Å². The van der Waals surface area contributed by atoms with E-state index in [2.05, 4.69) is 10.4 Å². The summed E-state index contributed by atoms with van der Waals surface area (Å²) in [6, 6.07) is 3.02. The van der Waals surface area contributed by atoms with Crippen LogP contribution in [-0.2, 0) is 17.8 Å². The minimum absolute atomic E-state index is 0.0819. The Morgan fingerprint density at radius 3 is 2.88 bits per heavy atom. The second-order valence-corrected chi connectivity index (χ2v) is 6.93. The van der Waals surface area contributed by atoms with Gasteiger partial charge in [0.25, 0.3) is 5.91 Å². The largest absolute Gasteiger partial charge is 0.506 e. The first-order valence-electron chi connectivity index (χ1n) is 8.08. The molecule has 1 aromatic carbocycles. The minimum Gasteiger partial charge on any atom is -0.506 e. The van der Waals surface area contributed by atoms with E-state index in [1.54, 1.807) is 23.1 Å². The van der Waals surface area contributed by atoms with Crippen LogP contribution in [0, 0.1) is 5.92 Å². The molecular formula is C17H19Cl2N3O3. The minimum atomic E-state index is -0.270. The van der Waals surface area contributed by atoms with Crippen LogP contribution in [0.1, 0.15) is 28.8 Å². The molecule has 0 unspecified atom stereocenters. The quantitative estimate of drug-likeness (QED) is 0.830. The van der Waals surface area contributed by atoms with Crippen molar-refractivity contribution in [2.75, 3.05) is 13.2 Å². The molecule has 25 heavy (non-hydrogen) atoms. The summed E-state index contributed by atoms with van der Waals surface area (Å²) in [5, 5.41) is 17.5. The van der Waals surface area contributed by atoms with E-state index in [1.807, 2.05) is 0 Å². The lowest BCUT2D eigenvalue weighted by molar-refractivity contribution is 0.0601. The van der Waals surface area contributed by atoms with Gasteiger partial charge in [-0.3, -0.25) is 9.48 Å². The van der Waals surface area contributed by atoms with Gasteiger partial charge in [0.15, 0.2) is 0 Å². The number of nitrogens with one attached hydrogen (secondary N) is 1. The number of nitrogens with zero attached hydrogens (tertiary/aromatic N) is 2. The van der Waals surface area contributed by atoms with E-state index in [-0.39, 0.29) is 23.2 Å². The van der Waals surface area contributed by atoms with Gasteiger partial charge < -0.3 is 15.2 Å². The van der Waals surface area contributed by atoms with Gasteiger partial charge in [-0.25, -0.2) is 0 Å². The average Bonchev–Trinajstić information content (AvgIpc) is 3.06. The van der Waals surface area contributed by atoms with Crippen LogP contribution in [0.4, 0.5) is 0 Å². The molecule has 2 N–H and O–H groups in total. The molecule has 0 spiro atoms. The molecule has 2 heterocycles. The van der Waals surface area contributed by atoms with E-state index in [0.717, 1.165) is 32.6 Å². The number of phenols is 1. The summed E-state index contributed by atoms with van der Waals surface area (Å²) >= 11 is 11.8. The van der Waals surface area contributed by atoms with Crippen molar-refractivity contribution in [3.63, 3.8) is 0 Å². The van der Waals surface area contributed by atoms with Gasteiger partial charge in [-0.05, 0) is 30.9 Å². The zero-order valence-electron chi connectivity index (χ0n) is 13.5. The van der Waals surface area contributed by atoms with Crippen LogP contribution in [0.15, 0.2) is 24.5 Å². The monoisotopic (exact) mass is 383 g/mol. The second-order valence-electron chi connectivity index (χ2n) is 6.08. The number of ether oxygens (including phenoxy) is 1. The molecule has 134 valence electrons. The van der Waals surface area contributed by atoms with Crippen molar-refractivity contribution in [1.29, 1.82) is 0 Å². The summed E-state index contributed by atoms with van der Waals surface area (Å²) in [5.74, 6) is 0.172. The first kappa shape index (κ1) is 18.0. The second kappa shape index (κ2) is 8.08. The van der Waals surface area contributed by atoms with Crippen molar-refractivity contribution < 1.29 is 14.6 Å². The van der Waals surface area contributed by atoms with Gasteiger partial charge in [0.1, 0.15) is 5.75 Å². The van der Waals surface area contributed by atoms with Gasteiger partial charge in [-0.15, -0.1) is 0 Å². The Bertz CT molecular complexity index is 758. The number of hydrogen-bond donors (Lipinski definition) is 2. The van der Waals surface area contributed by atoms with Gasteiger partial charge in [-0.1, -0.05) is 23.2 Å². The molecule has 0 bridgehead atoms. The van der Waals surface area contributed by atoms with Crippen LogP contribution in [0.3, 0.4) is 0 Å². The molecule has 2 aromatic rings. The molecule has 1 aromatic heterocycles. The number of aromatic nitrogens is 2. The molecule has 1 aliphatic rings. The SMILES string of the molecule is O=C(NCc1cc(Cl)cc(Cl)c1O)c1cnn(CC2CCOCC2)c1. The molecule has 1 aliphatic heterocycles. The van der Waals surface area contributed by atoms with Crippen molar-refractivity contribution in [3.8, 4) is 5.75 Å². The maximum Gasteiger partial charge on any atom is 0.254 e. The van der Waals surface area contributed by atoms with E-state index in [1.165, 1.54) is 6.07 Å². The summed E-state index contributed by atoms with van der Waals surface area (Å²) < 4.78 is 7.14. The van der Waals surface area contributed by atoms with Gasteiger partial charge >= 0.3 is 0 Å². The van der Waals surface area contributed by atoms with Crippen LogP contribution in [-0.4, -0.2) is 34.0 Å². The van der Waals surface area contributed by atoms with Gasteiger partial charge in [0.2, 0.25) is 0 Å². The number of phenolic OH excluding ortho intramolecular Hbond substituents is 1. The highest BCUT2D eigenvalue weighted by atomic mass is 35.5. The van der Waals surface area contributed by atoms with E-state index in [0.29, 0.717) is 22.1 Å². The maximum absolute atomic E-state index is 12.3. The standard InChI is InChI=1S/C17H19Cl2N3O3/c18-14-5-12(16(23)15(19)6-14)7-20-17(24)13-8-21-22(10-13)9-11-1-3-25-4-2-11/h5-6,8,10-11,23H,1-4,7,9H2,(H,20,24). The van der Waals surface area contributed by atoms with Crippen LogP contribution in [0.5, 0.6) is 5.75 Å². The molecule has 1 amide bonds. The third-order valence-electron chi connectivity index (χ3n) is 4.23. The number of rotatable bonds is 5. The smallest absolute Gasteiger partial charge is 0.254 e. The van der Waals surface area contributed by atoms with Crippen LogP contribution >= 0.6 is 23.2 Å². The summed E-state index contributed by atoms with van der Waals surface area (Å²) in [4.78, 5) is 12.3. The molecule has 8 heteroatoms. The molecule has 1 saturated heterocycles. The molecule has 6 nitrogen and oxygen atoms in total. The fourth-order valence-electron chi connectivity index (χ4n) is 2.81. The van der Waals surface area contributed by atoms with Crippen molar-refractivity contribution in [3.05, 3.63) is 45.7 Å². The number of benzene rings is 1. The molecule has 0 atom stereocenters. The fourth-order valence-corrected chi connectivity index (χ4v) is 3.34. The Morgan fingerprint density at radius 1 is 1.36 bits per heavy atom. The highest BCUT2D eigenvalue weighted by molar-refractivity contribution is 6.35. The van der Waals surface area contributed by atoms with E-state index in [9.17, 15) is 9.90 Å². The molecule has 0 radical (unpaired) electrons. The van der Waals surface area contributed by atoms with E-state index < -0.39 is 0 Å². The predicted molar refractivity (Wildman–Crippen MR) is 95.1 cm³/mol. The number of hydrogen-bond acceptors (Lipinski definition) is 4. The average molecular weight is 384 g/mol. The summed E-state index contributed by atoms with van der Waals surface area (Å²) in [6.07, 6.45) is 5.29. The zero-order valence-corrected chi connectivity index (χ0v) is 15.1. The van der Waals surface area contributed by atoms with Crippen molar-refractivity contribution in [1.82, 2.24) is 15.1 Å². The number of amides is 1. The first-order valence-corrected chi connectivity index (χ1v) is 8.84. The van der Waals surface area contributed by atoms with Gasteiger partial charge in [0.05, 0.1) is 16.8 Å². The Labute approximate surface area is 155 Å². The summed E-state index contributed by atoms with van der Waals surface area (Å²) in [7, 11) is 0. The van der Waals surface area contributed by atoms with Crippen molar-refractivity contribution >= 4 is 29.1 Å². The van der Waals surface area contributed by atoms with Crippen LogP contribution in [0.2, 0.25) is 10.0 Å². The van der Waals surface area contributed by atoms with Gasteiger partial charge in [0, 0.05) is 43.1 Å². The molecular weight excluding hydrogens is 365 g/mol.